The zero-order valence-electron chi connectivity index (χ0n) is 12.8. The van der Waals surface area contributed by atoms with Crippen molar-refractivity contribution in [3.8, 4) is 5.75 Å². The molecule has 0 radical (unpaired) electrons. The van der Waals surface area contributed by atoms with Crippen LogP contribution in [0.1, 0.15) is 24.8 Å². The van der Waals surface area contributed by atoms with Crippen LogP contribution in [-0.2, 0) is 11.2 Å². The van der Waals surface area contributed by atoms with E-state index in [2.05, 4.69) is 10.3 Å². The summed E-state index contributed by atoms with van der Waals surface area (Å²) in [6.45, 7) is 0.555. The maximum Gasteiger partial charge on any atom is 0.224 e. The third-order valence-electron chi connectivity index (χ3n) is 4.50. The molecule has 1 heterocycles. The van der Waals surface area contributed by atoms with Gasteiger partial charge in [0.25, 0.3) is 0 Å². The van der Waals surface area contributed by atoms with Crippen LogP contribution in [-0.4, -0.2) is 35.8 Å². The summed E-state index contributed by atoms with van der Waals surface area (Å²) < 4.78 is 5.38. The van der Waals surface area contributed by atoms with Gasteiger partial charge >= 0.3 is 0 Å². The number of fused-ring (bicyclic) bond motifs is 1. The van der Waals surface area contributed by atoms with E-state index < -0.39 is 0 Å². The number of benzene rings is 1. The number of nitrogens with one attached hydrogen (secondary N) is 2. The third-order valence-corrected chi connectivity index (χ3v) is 4.50. The molecule has 1 aliphatic rings. The Hall–Kier alpha value is -2.01. The van der Waals surface area contributed by atoms with Gasteiger partial charge < -0.3 is 20.1 Å². The van der Waals surface area contributed by atoms with E-state index in [1.165, 1.54) is 0 Å². The van der Waals surface area contributed by atoms with Crippen molar-refractivity contribution in [2.24, 2.45) is 5.92 Å². The van der Waals surface area contributed by atoms with E-state index in [1.807, 2.05) is 24.4 Å². The van der Waals surface area contributed by atoms with Gasteiger partial charge in [0.15, 0.2) is 0 Å². The van der Waals surface area contributed by atoms with Gasteiger partial charge in [0.2, 0.25) is 5.91 Å². The lowest BCUT2D eigenvalue weighted by Gasteiger charge is -2.15. The number of hydrogen-bond acceptors (Lipinski definition) is 3. The molecule has 0 bridgehead atoms. The Labute approximate surface area is 129 Å². The van der Waals surface area contributed by atoms with Crippen LogP contribution in [0.4, 0.5) is 0 Å². The first kappa shape index (κ1) is 14.9. The summed E-state index contributed by atoms with van der Waals surface area (Å²) in [5.74, 6) is 0.945. The van der Waals surface area contributed by atoms with Crippen LogP contribution in [0.25, 0.3) is 10.9 Å². The Bertz CT molecular complexity index is 665. The van der Waals surface area contributed by atoms with Crippen molar-refractivity contribution >= 4 is 16.8 Å². The van der Waals surface area contributed by atoms with Crippen LogP contribution in [0.5, 0.6) is 5.75 Å². The first-order chi connectivity index (χ1) is 10.7. The van der Waals surface area contributed by atoms with E-state index in [0.29, 0.717) is 13.0 Å². The number of hydrogen-bond donors (Lipinski definition) is 3. The molecule has 2 atom stereocenters. The first-order valence-corrected chi connectivity index (χ1v) is 7.76. The number of rotatable bonds is 5. The van der Waals surface area contributed by atoms with Crippen molar-refractivity contribution < 1.29 is 14.6 Å². The van der Waals surface area contributed by atoms with Crippen LogP contribution >= 0.6 is 0 Å². The van der Waals surface area contributed by atoms with Crippen molar-refractivity contribution in [3.63, 3.8) is 0 Å². The number of aliphatic hydroxyl groups excluding tert-OH is 1. The number of aromatic nitrogens is 1. The lowest BCUT2D eigenvalue weighted by Crippen LogP contribution is -2.33. The molecule has 118 valence electrons. The molecule has 1 fully saturated rings. The highest BCUT2D eigenvalue weighted by atomic mass is 16.5. The average molecular weight is 302 g/mol. The fourth-order valence-electron chi connectivity index (χ4n) is 3.26. The number of aliphatic hydroxyl groups is 1. The molecular weight excluding hydrogens is 280 g/mol. The summed E-state index contributed by atoms with van der Waals surface area (Å²) >= 11 is 0. The van der Waals surface area contributed by atoms with Crippen LogP contribution in [0.2, 0.25) is 0 Å². The van der Waals surface area contributed by atoms with Crippen LogP contribution in [0, 0.1) is 5.92 Å². The van der Waals surface area contributed by atoms with E-state index in [1.54, 1.807) is 7.11 Å². The number of methoxy groups -OCH3 is 1. The minimum atomic E-state index is -0.270. The van der Waals surface area contributed by atoms with E-state index in [9.17, 15) is 9.90 Å². The molecule has 2 aromatic rings. The quantitative estimate of drug-likeness (QED) is 0.791. The molecule has 5 nitrogen and oxygen atoms in total. The Balaban J connectivity index is 1.66. The Morgan fingerprint density at radius 1 is 1.45 bits per heavy atom. The largest absolute Gasteiger partial charge is 0.496 e. The van der Waals surface area contributed by atoms with Crippen molar-refractivity contribution in [2.75, 3.05) is 13.7 Å². The Kier molecular flexibility index (Phi) is 4.34. The molecule has 1 aliphatic carbocycles. The molecule has 1 saturated carbocycles. The van der Waals surface area contributed by atoms with Gasteiger partial charge in [0.1, 0.15) is 5.75 Å². The molecule has 3 rings (SSSR count). The van der Waals surface area contributed by atoms with E-state index >= 15 is 0 Å². The second-order valence-electron chi connectivity index (χ2n) is 5.94. The summed E-state index contributed by atoms with van der Waals surface area (Å²) in [6.07, 6.45) is 4.78. The molecule has 1 aromatic heterocycles. The summed E-state index contributed by atoms with van der Waals surface area (Å²) in [5, 5.41) is 13.7. The normalized spacial score (nSPS) is 21.2. The highest BCUT2D eigenvalue weighted by molar-refractivity contribution is 5.93. The first-order valence-electron chi connectivity index (χ1n) is 7.76. The molecule has 0 saturated heterocycles. The number of H-pyrrole nitrogens is 1. The molecule has 22 heavy (non-hydrogen) atoms. The molecule has 3 N–H and O–H groups in total. The van der Waals surface area contributed by atoms with E-state index in [-0.39, 0.29) is 17.9 Å². The zero-order valence-corrected chi connectivity index (χ0v) is 12.8. The maximum atomic E-state index is 12.2. The molecule has 0 aliphatic heterocycles. The topological polar surface area (TPSA) is 74.4 Å². The van der Waals surface area contributed by atoms with Gasteiger partial charge in [-0.3, -0.25) is 4.79 Å². The van der Waals surface area contributed by atoms with Crippen LogP contribution in [0.3, 0.4) is 0 Å². The Morgan fingerprint density at radius 3 is 3.05 bits per heavy atom. The third kappa shape index (κ3) is 2.95. The zero-order chi connectivity index (χ0) is 15.5. The number of carbonyl (C=O) groups is 1. The minimum absolute atomic E-state index is 0.0223. The number of amides is 1. The van der Waals surface area contributed by atoms with Gasteiger partial charge in [-0.25, -0.2) is 0 Å². The monoisotopic (exact) mass is 302 g/mol. The van der Waals surface area contributed by atoms with Crippen molar-refractivity contribution in [2.45, 2.75) is 31.8 Å². The number of carbonyl (C=O) groups excluding carboxylic acids is 1. The van der Waals surface area contributed by atoms with Gasteiger partial charge in [-0.2, -0.15) is 0 Å². The van der Waals surface area contributed by atoms with Crippen molar-refractivity contribution in [3.05, 3.63) is 30.0 Å². The minimum Gasteiger partial charge on any atom is -0.496 e. The predicted molar refractivity (Wildman–Crippen MR) is 84.9 cm³/mol. The second-order valence-corrected chi connectivity index (χ2v) is 5.94. The van der Waals surface area contributed by atoms with Gasteiger partial charge in [0.05, 0.1) is 19.6 Å². The fraction of sp³-hybridized carbons (Fsp3) is 0.471. The molecule has 0 spiro atoms. The second kappa shape index (κ2) is 6.40. The molecule has 5 heteroatoms. The summed E-state index contributed by atoms with van der Waals surface area (Å²) in [6, 6.07) is 5.78. The van der Waals surface area contributed by atoms with Gasteiger partial charge in [0, 0.05) is 29.6 Å². The van der Waals surface area contributed by atoms with Gasteiger partial charge in [-0.05, 0) is 30.5 Å². The van der Waals surface area contributed by atoms with Gasteiger partial charge in [-0.15, -0.1) is 0 Å². The lowest BCUT2D eigenvalue weighted by atomic mass is 10.1. The smallest absolute Gasteiger partial charge is 0.224 e. The average Bonchev–Trinajstić information content (AvgIpc) is 3.11. The lowest BCUT2D eigenvalue weighted by molar-refractivity contribution is -0.120. The molecule has 1 aromatic carbocycles. The van der Waals surface area contributed by atoms with Crippen molar-refractivity contribution in [1.82, 2.24) is 10.3 Å². The standard InChI is InChI=1S/C17H22N2O3/c1-22-15-7-3-5-13-17(15)12(10-18-13)8-16(21)19-9-11-4-2-6-14(11)20/h3,5,7,10-11,14,18,20H,2,4,6,8-9H2,1H3,(H,19,21). The van der Waals surface area contributed by atoms with Crippen LogP contribution in [0.15, 0.2) is 24.4 Å². The predicted octanol–water partition coefficient (Wildman–Crippen LogP) is 2.00. The van der Waals surface area contributed by atoms with Crippen molar-refractivity contribution in [1.29, 1.82) is 0 Å². The molecule has 2 unspecified atom stereocenters. The van der Waals surface area contributed by atoms with E-state index in [4.69, 9.17) is 4.74 Å². The van der Waals surface area contributed by atoms with E-state index in [0.717, 1.165) is 41.5 Å². The molecule has 1 amide bonds. The van der Waals surface area contributed by atoms with Gasteiger partial charge in [-0.1, -0.05) is 12.5 Å². The fourth-order valence-corrected chi connectivity index (χ4v) is 3.26. The SMILES string of the molecule is COc1cccc2[nH]cc(CC(=O)NCC3CCCC3O)c12. The maximum absolute atomic E-state index is 12.2. The number of ether oxygens (including phenoxy) is 1. The highest BCUT2D eigenvalue weighted by Crippen LogP contribution is 2.29. The number of aromatic amines is 1. The summed E-state index contributed by atoms with van der Waals surface area (Å²) in [5.41, 5.74) is 1.89. The Morgan fingerprint density at radius 2 is 2.32 bits per heavy atom. The summed E-state index contributed by atoms with van der Waals surface area (Å²) in [7, 11) is 1.63. The van der Waals surface area contributed by atoms with Crippen LogP contribution < -0.4 is 10.1 Å². The molecular formula is C17H22N2O3. The summed E-state index contributed by atoms with van der Waals surface area (Å²) in [4.78, 5) is 15.3. The highest BCUT2D eigenvalue weighted by Gasteiger charge is 2.25.